The lowest BCUT2D eigenvalue weighted by molar-refractivity contribution is -0.127. The van der Waals surface area contributed by atoms with Crippen molar-refractivity contribution in [3.05, 3.63) is 47.4 Å². The Bertz CT molecular complexity index is 951. The lowest BCUT2D eigenvalue weighted by atomic mass is 9.81. The third-order valence-corrected chi connectivity index (χ3v) is 5.61. The van der Waals surface area contributed by atoms with Gasteiger partial charge < -0.3 is 20.3 Å². The monoisotopic (exact) mass is 416 g/mol. The summed E-state index contributed by atoms with van der Waals surface area (Å²) in [6.45, 7) is 8.68. The lowest BCUT2D eigenvalue weighted by Crippen LogP contribution is -2.48. The third kappa shape index (κ3) is 4.18. The zero-order valence-corrected chi connectivity index (χ0v) is 18.0. The number of fused-ring (bicyclic) bond motifs is 1. The topological polar surface area (TPSA) is 91.7 Å². The predicted octanol–water partition coefficient (Wildman–Crippen LogP) is 3.04. The molecule has 1 aromatic carbocycles. The van der Waals surface area contributed by atoms with E-state index in [0.29, 0.717) is 34.7 Å². The first-order valence-corrected chi connectivity index (χ1v) is 10.1. The van der Waals surface area contributed by atoms with Gasteiger partial charge in [-0.05, 0) is 64.4 Å². The Labute approximate surface area is 176 Å². The highest BCUT2D eigenvalue weighted by atomic mass is 19.1. The molecule has 162 valence electrons. The highest BCUT2D eigenvalue weighted by Gasteiger charge is 2.46. The second kappa shape index (κ2) is 7.63. The lowest BCUT2D eigenvalue weighted by Gasteiger charge is -2.27. The van der Waals surface area contributed by atoms with Crippen molar-refractivity contribution in [1.82, 2.24) is 10.3 Å². The van der Waals surface area contributed by atoms with Crippen LogP contribution in [0.3, 0.4) is 0 Å². The molecule has 0 unspecified atom stereocenters. The van der Waals surface area contributed by atoms with Crippen LogP contribution in [0, 0.1) is 5.82 Å². The summed E-state index contributed by atoms with van der Waals surface area (Å²) < 4.78 is 19.4. The number of benzene rings is 1. The fraction of sp³-hybridized carbons (Fsp3) is 0.478. The van der Waals surface area contributed by atoms with Crippen LogP contribution in [-0.2, 0) is 15.8 Å². The number of aliphatic hydroxyl groups is 2. The normalized spacial score (nSPS) is 20.3. The van der Waals surface area contributed by atoms with Crippen molar-refractivity contribution >= 4 is 5.91 Å². The second-order valence-corrected chi connectivity index (χ2v) is 8.98. The molecule has 1 amide bonds. The van der Waals surface area contributed by atoms with Crippen LogP contribution in [0.1, 0.15) is 52.3 Å². The van der Waals surface area contributed by atoms with Gasteiger partial charge in [-0.25, -0.2) is 9.37 Å². The average Bonchev–Trinajstić information content (AvgIpc) is 3.03. The zero-order chi connectivity index (χ0) is 22.3. The Hall–Kier alpha value is -2.51. The van der Waals surface area contributed by atoms with Gasteiger partial charge in [-0.2, -0.15) is 0 Å². The molecule has 7 heteroatoms. The number of aromatic nitrogens is 1. The molecule has 0 radical (unpaired) electrons. The van der Waals surface area contributed by atoms with E-state index in [2.05, 4.69) is 10.3 Å². The minimum atomic E-state index is -1.21. The fourth-order valence-electron chi connectivity index (χ4n) is 3.32. The summed E-state index contributed by atoms with van der Waals surface area (Å²) in [6, 6.07) is 7.56. The van der Waals surface area contributed by atoms with Crippen LogP contribution in [0.5, 0.6) is 5.75 Å². The van der Waals surface area contributed by atoms with E-state index in [1.54, 1.807) is 45.9 Å². The van der Waals surface area contributed by atoms with Gasteiger partial charge in [-0.15, -0.1) is 0 Å². The molecule has 0 saturated carbocycles. The van der Waals surface area contributed by atoms with Crippen molar-refractivity contribution in [2.24, 2.45) is 0 Å². The van der Waals surface area contributed by atoms with Gasteiger partial charge in [-0.3, -0.25) is 4.79 Å². The van der Waals surface area contributed by atoms with Crippen molar-refractivity contribution in [3.63, 3.8) is 0 Å². The quantitative estimate of drug-likeness (QED) is 0.673. The van der Waals surface area contributed by atoms with Crippen molar-refractivity contribution in [2.75, 3.05) is 13.2 Å². The minimum Gasteiger partial charge on any atom is -0.489 e. The number of hydrogen-bond donors (Lipinski definition) is 3. The molecule has 30 heavy (non-hydrogen) atoms. The molecule has 0 saturated heterocycles. The maximum Gasteiger partial charge on any atom is 0.234 e. The molecule has 1 aromatic heterocycles. The molecule has 3 N–H and O–H groups in total. The number of nitrogens with zero attached hydrogens (tertiary/aromatic N) is 1. The fourth-order valence-corrected chi connectivity index (χ4v) is 3.32. The van der Waals surface area contributed by atoms with Gasteiger partial charge in [0.2, 0.25) is 5.91 Å². The van der Waals surface area contributed by atoms with Crippen molar-refractivity contribution in [2.45, 2.75) is 57.7 Å². The number of pyridine rings is 1. The molecule has 0 aliphatic carbocycles. The number of amides is 1. The SMILES string of the molecule is CC[C@](C)(O)c1cc2c(c(-c3ccc(F)cc3)n1)OC[C@]2(C)C(=O)NCC(C)(C)O. The van der Waals surface area contributed by atoms with Gasteiger partial charge in [0.15, 0.2) is 0 Å². The molecule has 2 atom stereocenters. The van der Waals surface area contributed by atoms with Crippen LogP contribution in [0.15, 0.2) is 30.3 Å². The molecule has 3 rings (SSSR count). The summed E-state index contributed by atoms with van der Waals surface area (Å²) in [7, 11) is 0. The molecule has 0 fully saturated rings. The summed E-state index contributed by atoms with van der Waals surface area (Å²) in [5, 5.41) is 23.6. The van der Waals surface area contributed by atoms with E-state index in [0.717, 1.165) is 0 Å². The van der Waals surface area contributed by atoms with E-state index in [-0.39, 0.29) is 24.9 Å². The molecule has 1 aliphatic rings. The Balaban J connectivity index is 2.14. The predicted molar refractivity (Wildman–Crippen MR) is 112 cm³/mol. The average molecular weight is 416 g/mol. The molecule has 2 aromatic rings. The molecular formula is C23H29FN2O4. The highest BCUT2D eigenvalue weighted by Crippen LogP contribution is 2.46. The largest absolute Gasteiger partial charge is 0.489 e. The first-order chi connectivity index (χ1) is 13.9. The van der Waals surface area contributed by atoms with Crippen molar-refractivity contribution in [1.29, 1.82) is 0 Å². The van der Waals surface area contributed by atoms with Gasteiger partial charge in [0, 0.05) is 17.7 Å². The first-order valence-electron chi connectivity index (χ1n) is 10.1. The first kappa shape index (κ1) is 22.2. The van der Waals surface area contributed by atoms with E-state index in [9.17, 15) is 19.4 Å². The van der Waals surface area contributed by atoms with Crippen LogP contribution in [0.4, 0.5) is 4.39 Å². The number of ether oxygens (including phenoxy) is 1. The highest BCUT2D eigenvalue weighted by molar-refractivity contribution is 5.91. The van der Waals surface area contributed by atoms with Gasteiger partial charge in [-0.1, -0.05) is 6.92 Å². The van der Waals surface area contributed by atoms with Crippen LogP contribution < -0.4 is 10.1 Å². The Morgan fingerprint density at radius 1 is 1.27 bits per heavy atom. The maximum atomic E-state index is 13.4. The molecule has 0 bridgehead atoms. The summed E-state index contributed by atoms with van der Waals surface area (Å²) in [4.78, 5) is 17.7. The number of hydrogen-bond acceptors (Lipinski definition) is 5. The number of nitrogens with one attached hydrogen (secondary N) is 1. The molecule has 1 aliphatic heterocycles. The molecule has 0 spiro atoms. The van der Waals surface area contributed by atoms with E-state index in [1.807, 2.05) is 6.92 Å². The minimum absolute atomic E-state index is 0.0895. The second-order valence-electron chi connectivity index (χ2n) is 8.98. The van der Waals surface area contributed by atoms with E-state index < -0.39 is 16.6 Å². The number of halogens is 1. The van der Waals surface area contributed by atoms with Gasteiger partial charge >= 0.3 is 0 Å². The van der Waals surface area contributed by atoms with E-state index in [4.69, 9.17) is 4.74 Å². The summed E-state index contributed by atoms with van der Waals surface area (Å²) in [5.41, 5.74) is -1.20. The smallest absolute Gasteiger partial charge is 0.234 e. The Morgan fingerprint density at radius 2 is 1.90 bits per heavy atom. The summed E-state index contributed by atoms with van der Waals surface area (Å²) >= 11 is 0. The Kier molecular flexibility index (Phi) is 5.64. The van der Waals surface area contributed by atoms with Crippen molar-refractivity contribution in [3.8, 4) is 17.0 Å². The number of carbonyl (C=O) groups is 1. The van der Waals surface area contributed by atoms with Gasteiger partial charge in [0.05, 0.1) is 11.3 Å². The summed E-state index contributed by atoms with van der Waals surface area (Å²) in [5.74, 6) is -0.219. The van der Waals surface area contributed by atoms with Crippen LogP contribution >= 0.6 is 0 Å². The standard InChI is InChI=1S/C23H29FN2O4/c1-6-23(5,29)17-11-16-19(18(26-17)14-7-9-15(24)10-8-14)30-13-22(16,4)20(27)25-12-21(2,3)28/h7-11,28-29H,6,12-13H2,1-5H3,(H,25,27)/t22-,23-/m0/s1. The van der Waals surface area contributed by atoms with Crippen LogP contribution in [-0.4, -0.2) is 39.9 Å². The zero-order valence-electron chi connectivity index (χ0n) is 18.0. The van der Waals surface area contributed by atoms with Gasteiger partial charge in [0.25, 0.3) is 0 Å². The molecule has 6 nitrogen and oxygen atoms in total. The van der Waals surface area contributed by atoms with Crippen LogP contribution in [0.2, 0.25) is 0 Å². The molecule has 2 heterocycles. The van der Waals surface area contributed by atoms with Crippen molar-refractivity contribution < 1.29 is 24.1 Å². The van der Waals surface area contributed by atoms with Crippen LogP contribution in [0.25, 0.3) is 11.3 Å². The maximum absolute atomic E-state index is 13.4. The van der Waals surface area contributed by atoms with Gasteiger partial charge in [0.1, 0.15) is 34.9 Å². The van der Waals surface area contributed by atoms with E-state index in [1.165, 1.54) is 12.1 Å². The summed E-state index contributed by atoms with van der Waals surface area (Å²) in [6.07, 6.45) is 0.421. The molecular weight excluding hydrogens is 387 g/mol. The Morgan fingerprint density at radius 3 is 2.47 bits per heavy atom. The van der Waals surface area contributed by atoms with E-state index >= 15 is 0 Å². The third-order valence-electron chi connectivity index (χ3n) is 5.61. The number of carbonyl (C=O) groups excluding carboxylic acids is 1. The number of rotatable bonds is 6.